The molecule has 2 aromatic heterocycles. The first kappa shape index (κ1) is 12.1. The van der Waals surface area contributed by atoms with Crippen molar-refractivity contribution >= 4 is 17.2 Å². The predicted molar refractivity (Wildman–Crippen MR) is 82.3 cm³/mol. The molecule has 3 heterocycles. The van der Waals surface area contributed by atoms with Crippen molar-refractivity contribution in [3.05, 3.63) is 53.9 Å². The molecule has 3 aromatic rings. The molecule has 0 bridgehead atoms. The number of fused-ring (bicyclic) bond motifs is 2. The SMILES string of the molecule is Cc1nc2ccccn2c1-c1ccc2c(c1)CCC(=O)N2. The summed E-state index contributed by atoms with van der Waals surface area (Å²) in [4.78, 5) is 16.0. The van der Waals surface area contributed by atoms with Gasteiger partial charge in [0.2, 0.25) is 5.91 Å². The Balaban J connectivity index is 1.89. The number of benzene rings is 1. The first-order valence-electron chi connectivity index (χ1n) is 7.09. The van der Waals surface area contributed by atoms with E-state index in [1.54, 1.807) is 0 Å². The van der Waals surface area contributed by atoms with E-state index in [1.165, 1.54) is 5.56 Å². The number of aromatic nitrogens is 2. The summed E-state index contributed by atoms with van der Waals surface area (Å²) in [5.41, 5.74) is 6.35. The van der Waals surface area contributed by atoms with Gasteiger partial charge in [-0.25, -0.2) is 4.98 Å². The second kappa shape index (κ2) is 4.45. The number of imidazole rings is 1. The minimum Gasteiger partial charge on any atom is -0.326 e. The summed E-state index contributed by atoms with van der Waals surface area (Å²) in [6.45, 7) is 2.03. The third kappa shape index (κ3) is 1.91. The Hall–Kier alpha value is -2.62. The molecule has 0 saturated heterocycles. The number of nitrogens with zero attached hydrogens (tertiary/aromatic N) is 2. The van der Waals surface area contributed by atoms with Crippen LogP contribution in [0.1, 0.15) is 17.7 Å². The standard InChI is InChI=1S/C17H15N3O/c1-11-17(20-9-3-2-4-15(20)18-11)13-5-7-14-12(10-13)6-8-16(21)19-14/h2-5,7,9-10H,6,8H2,1H3,(H,19,21). The van der Waals surface area contributed by atoms with E-state index in [2.05, 4.69) is 20.8 Å². The van der Waals surface area contributed by atoms with Gasteiger partial charge in [0.1, 0.15) is 5.65 Å². The summed E-state index contributed by atoms with van der Waals surface area (Å²) >= 11 is 0. The second-order valence-corrected chi connectivity index (χ2v) is 5.39. The Morgan fingerprint density at radius 1 is 1.19 bits per heavy atom. The van der Waals surface area contributed by atoms with E-state index in [0.29, 0.717) is 6.42 Å². The highest BCUT2D eigenvalue weighted by molar-refractivity contribution is 5.94. The fraction of sp³-hybridized carbons (Fsp3) is 0.176. The highest BCUT2D eigenvalue weighted by Crippen LogP contribution is 2.30. The van der Waals surface area contributed by atoms with E-state index < -0.39 is 0 Å². The van der Waals surface area contributed by atoms with Gasteiger partial charge in [0.05, 0.1) is 11.4 Å². The fourth-order valence-corrected chi connectivity index (χ4v) is 2.99. The van der Waals surface area contributed by atoms with Crippen LogP contribution in [0.2, 0.25) is 0 Å². The first-order chi connectivity index (χ1) is 10.2. The maximum Gasteiger partial charge on any atom is 0.224 e. The number of aryl methyl sites for hydroxylation is 2. The molecule has 104 valence electrons. The molecule has 1 aliphatic rings. The molecule has 1 aliphatic heterocycles. The number of carbonyl (C=O) groups is 1. The van der Waals surface area contributed by atoms with Gasteiger partial charge in [-0.2, -0.15) is 0 Å². The van der Waals surface area contributed by atoms with Crippen LogP contribution < -0.4 is 5.32 Å². The van der Waals surface area contributed by atoms with Crippen molar-refractivity contribution in [3.8, 4) is 11.3 Å². The number of hydrogen-bond acceptors (Lipinski definition) is 2. The number of amides is 1. The predicted octanol–water partition coefficient (Wildman–Crippen LogP) is 3.19. The zero-order chi connectivity index (χ0) is 14.4. The van der Waals surface area contributed by atoms with Crippen molar-refractivity contribution in [1.82, 2.24) is 9.38 Å². The fourth-order valence-electron chi connectivity index (χ4n) is 2.99. The average molecular weight is 277 g/mol. The summed E-state index contributed by atoms with van der Waals surface area (Å²) < 4.78 is 2.11. The summed E-state index contributed by atoms with van der Waals surface area (Å²) in [5.74, 6) is 0.0984. The summed E-state index contributed by atoms with van der Waals surface area (Å²) in [7, 11) is 0. The van der Waals surface area contributed by atoms with E-state index in [0.717, 1.165) is 34.7 Å². The molecular formula is C17H15N3O. The summed E-state index contributed by atoms with van der Waals surface area (Å²) in [6, 6.07) is 12.2. The molecule has 1 N–H and O–H groups in total. The minimum absolute atomic E-state index is 0.0984. The zero-order valence-corrected chi connectivity index (χ0v) is 11.8. The van der Waals surface area contributed by atoms with E-state index in [-0.39, 0.29) is 5.91 Å². The van der Waals surface area contributed by atoms with Crippen LogP contribution in [0.3, 0.4) is 0 Å². The van der Waals surface area contributed by atoms with Crippen molar-refractivity contribution in [2.75, 3.05) is 5.32 Å². The topological polar surface area (TPSA) is 46.4 Å². The summed E-state index contributed by atoms with van der Waals surface area (Å²) in [6.07, 6.45) is 3.39. The van der Waals surface area contributed by atoms with Gasteiger partial charge in [0.15, 0.2) is 0 Å². The van der Waals surface area contributed by atoms with Gasteiger partial charge in [-0.3, -0.25) is 9.20 Å². The lowest BCUT2D eigenvalue weighted by Gasteiger charge is -2.17. The van der Waals surface area contributed by atoms with Gasteiger partial charge in [0, 0.05) is 23.9 Å². The van der Waals surface area contributed by atoms with Crippen LogP contribution >= 0.6 is 0 Å². The first-order valence-corrected chi connectivity index (χ1v) is 7.09. The molecule has 0 unspecified atom stereocenters. The third-order valence-corrected chi connectivity index (χ3v) is 3.98. The normalized spacial score (nSPS) is 14.0. The van der Waals surface area contributed by atoms with Crippen molar-refractivity contribution in [1.29, 1.82) is 0 Å². The summed E-state index contributed by atoms with van der Waals surface area (Å²) in [5, 5.41) is 2.92. The average Bonchev–Trinajstić information content (AvgIpc) is 2.82. The minimum atomic E-state index is 0.0984. The van der Waals surface area contributed by atoms with Crippen LogP contribution in [0.15, 0.2) is 42.6 Å². The number of pyridine rings is 1. The Labute approximate surface area is 122 Å². The Bertz CT molecular complexity index is 864. The lowest BCUT2D eigenvalue weighted by molar-refractivity contribution is -0.116. The number of anilines is 1. The van der Waals surface area contributed by atoms with Crippen LogP contribution in [0.5, 0.6) is 0 Å². The van der Waals surface area contributed by atoms with Crippen LogP contribution in [0, 0.1) is 6.92 Å². The van der Waals surface area contributed by atoms with Crippen molar-refractivity contribution in [2.24, 2.45) is 0 Å². The van der Waals surface area contributed by atoms with E-state index >= 15 is 0 Å². The molecule has 0 spiro atoms. The maximum absolute atomic E-state index is 11.4. The van der Waals surface area contributed by atoms with Crippen LogP contribution in [0.25, 0.3) is 16.9 Å². The molecule has 0 atom stereocenters. The number of nitrogens with one attached hydrogen (secondary N) is 1. The molecule has 0 radical (unpaired) electrons. The van der Waals surface area contributed by atoms with Crippen LogP contribution in [-0.4, -0.2) is 15.3 Å². The number of carbonyl (C=O) groups excluding carboxylic acids is 1. The smallest absolute Gasteiger partial charge is 0.224 e. The lowest BCUT2D eigenvalue weighted by Crippen LogP contribution is -2.18. The van der Waals surface area contributed by atoms with Gasteiger partial charge in [0.25, 0.3) is 0 Å². The maximum atomic E-state index is 11.4. The van der Waals surface area contributed by atoms with E-state index in [9.17, 15) is 4.79 Å². The molecule has 4 rings (SSSR count). The van der Waals surface area contributed by atoms with Crippen molar-refractivity contribution in [2.45, 2.75) is 19.8 Å². The number of hydrogen-bond donors (Lipinski definition) is 1. The molecule has 4 nitrogen and oxygen atoms in total. The molecular weight excluding hydrogens is 262 g/mol. The molecule has 21 heavy (non-hydrogen) atoms. The van der Waals surface area contributed by atoms with E-state index in [4.69, 9.17) is 0 Å². The van der Waals surface area contributed by atoms with Crippen LogP contribution in [0.4, 0.5) is 5.69 Å². The quantitative estimate of drug-likeness (QED) is 0.742. The highest BCUT2D eigenvalue weighted by atomic mass is 16.1. The molecule has 1 amide bonds. The molecule has 4 heteroatoms. The van der Waals surface area contributed by atoms with Crippen molar-refractivity contribution in [3.63, 3.8) is 0 Å². The van der Waals surface area contributed by atoms with Gasteiger partial charge >= 0.3 is 0 Å². The molecule has 0 aliphatic carbocycles. The lowest BCUT2D eigenvalue weighted by atomic mass is 9.98. The van der Waals surface area contributed by atoms with Crippen LogP contribution in [-0.2, 0) is 11.2 Å². The van der Waals surface area contributed by atoms with E-state index in [1.807, 2.05) is 43.5 Å². The highest BCUT2D eigenvalue weighted by Gasteiger charge is 2.17. The largest absolute Gasteiger partial charge is 0.326 e. The molecule has 0 fully saturated rings. The number of rotatable bonds is 1. The molecule has 1 aromatic carbocycles. The Kier molecular flexibility index (Phi) is 2.57. The van der Waals surface area contributed by atoms with Gasteiger partial charge in [-0.1, -0.05) is 12.1 Å². The monoisotopic (exact) mass is 277 g/mol. The van der Waals surface area contributed by atoms with Crippen molar-refractivity contribution < 1.29 is 4.79 Å². The second-order valence-electron chi connectivity index (χ2n) is 5.39. The molecule has 0 saturated carbocycles. The Morgan fingerprint density at radius 2 is 2.10 bits per heavy atom. The van der Waals surface area contributed by atoms with Gasteiger partial charge < -0.3 is 5.32 Å². The van der Waals surface area contributed by atoms with Gasteiger partial charge in [-0.15, -0.1) is 0 Å². The van der Waals surface area contributed by atoms with Gasteiger partial charge in [-0.05, 0) is 43.2 Å². The third-order valence-electron chi connectivity index (χ3n) is 3.98. The Morgan fingerprint density at radius 3 is 3.00 bits per heavy atom. The zero-order valence-electron chi connectivity index (χ0n) is 11.8.